The first-order chi connectivity index (χ1) is 9.04. The molecular weight excluding hydrogens is 302 g/mol. The maximum absolute atomic E-state index is 10.0. The first-order valence-corrected chi connectivity index (χ1v) is 8.05. The molecule has 3 heteroatoms. The number of nitrogens with one attached hydrogen (secondary N) is 1. The normalized spacial score (nSPS) is 19.5. The molecule has 1 aliphatic carbocycles. The van der Waals surface area contributed by atoms with Crippen molar-refractivity contribution in [3.63, 3.8) is 0 Å². The first-order valence-electron chi connectivity index (χ1n) is 7.26. The molecule has 1 unspecified atom stereocenters. The molecule has 106 valence electrons. The summed E-state index contributed by atoms with van der Waals surface area (Å²) in [6.45, 7) is 5.58. The highest BCUT2D eigenvalue weighted by molar-refractivity contribution is 9.10. The molecule has 1 atom stereocenters. The van der Waals surface area contributed by atoms with Gasteiger partial charge in [0.15, 0.2) is 0 Å². The maximum Gasteiger partial charge on any atom is 0.120 e. The number of hydrogen-bond acceptors (Lipinski definition) is 2. The molecule has 0 bridgehead atoms. The Labute approximate surface area is 124 Å². The van der Waals surface area contributed by atoms with Gasteiger partial charge in [0, 0.05) is 22.6 Å². The Morgan fingerprint density at radius 1 is 1.37 bits per heavy atom. The molecule has 0 aromatic heterocycles. The smallest absolute Gasteiger partial charge is 0.120 e. The van der Waals surface area contributed by atoms with E-state index in [0.717, 1.165) is 23.0 Å². The summed E-state index contributed by atoms with van der Waals surface area (Å²) in [6.07, 6.45) is 6.34. The molecule has 1 aromatic carbocycles. The molecule has 0 radical (unpaired) electrons. The molecule has 1 aliphatic rings. The Bertz CT molecular complexity index is 427. The van der Waals surface area contributed by atoms with Gasteiger partial charge in [-0.25, -0.2) is 0 Å². The number of rotatable bonds is 5. The third kappa shape index (κ3) is 3.73. The topological polar surface area (TPSA) is 32.3 Å². The molecule has 0 heterocycles. The van der Waals surface area contributed by atoms with E-state index in [-0.39, 0.29) is 6.04 Å². The van der Waals surface area contributed by atoms with Gasteiger partial charge in [-0.1, -0.05) is 42.6 Å². The molecule has 1 aromatic rings. The largest absolute Gasteiger partial charge is 0.508 e. The van der Waals surface area contributed by atoms with E-state index in [2.05, 4.69) is 35.1 Å². The van der Waals surface area contributed by atoms with Crippen LogP contribution in [0.4, 0.5) is 0 Å². The monoisotopic (exact) mass is 325 g/mol. The SMILES string of the molecule is CCC(NCC1(C)CCCC1)c1cc(Br)ccc1O. The van der Waals surface area contributed by atoms with E-state index in [1.165, 1.54) is 25.7 Å². The molecule has 0 amide bonds. The summed E-state index contributed by atoms with van der Waals surface area (Å²) < 4.78 is 1.02. The minimum atomic E-state index is 0.231. The van der Waals surface area contributed by atoms with Crippen LogP contribution in [-0.4, -0.2) is 11.7 Å². The zero-order valence-corrected chi connectivity index (χ0v) is 13.5. The van der Waals surface area contributed by atoms with Crippen molar-refractivity contribution in [2.45, 2.75) is 52.0 Å². The lowest BCUT2D eigenvalue weighted by Crippen LogP contribution is -2.32. The van der Waals surface area contributed by atoms with Crippen molar-refractivity contribution in [1.82, 2.24) is 5.32 Å². The fraction of sp³-hybridized carbons (Fsp3) is 0.625. The van der Waals surface area contributed by atoms with Gasteiger partial charge in [-0.2, -0.15) is 0 Å². The van der Waals surface area contributed by atoms with Gasteiger partial charge < -0.3 is 10.4 Å². The average molecular weight is 326 g/mol. The lowest BCUT2D eigenvalue weighted by molar-refractivity contribution is 0.293. The lowest BCUT2D eigenvalue weighted by Gasteiger charge is -2.28. The van der Waals surface area contributed by atoms with Gasteiger partial charge in [0.1, 0.15) is 5.75 Å². The number of aromatic hydroxyl groups is 1. The fourth-order valence-corrected chi connectivity index (χ4v) is 3.43. The van der Waals surface area contributed by atoms with Gasteiger partial charge in [0.05, 0.1) is 0 Å². The van der Waals surface area contributed by atoms with E-state index in [0.29, 0.717) is 11.2 Å². The van der Waals surface area contributed by atoms with Crippen molar-refractivity contribution in [1.29, 1.82) is 0 Å². The highest BCUT2D eigenvalue weighted by Crippen LogP contribution is 2.38. The van der Waals surface area contributed by atoms with Gasteiger partial charge in [0.25, 0.3) is 0 Å². The van der Waals surface area contributed by atoms with Crippen LogP contribution >= 0.6 is 15.9 Å². The molecule has 2 N–H and O–H groups in total. The van der Waals surface area contributed by atoms with E-state index < -0.39 is 0 Å². The molecule has 1 saturated carbocycles. The van der Waals surface area contributed by atoms with Crippen molar-refractivity contribution in [3.8, 4) is 5.75 Å². The standard InChI is InChI=1S/C16H24BrNO/c1-3-14(13-10-12(17)6-7-15(13)19)18-11-16(2)8-4-5-9-16/h6-7,10,14,18-19H,3-5,8-9,11H2,1-2H3. The Balaban J connectivity index is 2.05. The van der Waals surface area contributed by atoms with Crippen molar-refractivity contribution < 1.29 is 5.11 Å². The summed E-state index contributed by atoms with van der Waals surface area (Å²) in [5, 5.41) is 13.7. The van der Waals surface area contributed by atoms with Gasteiger partial charge >= 0.3 is 0 Å². The van der Waals surface area contributed by atoms with Gasteiger partial charge in [0.2, 0.25) is 0 Å². The summed E-state index contributed by atoms with van der Waals surface area (Å²) in [6, 6.07) is 5.90. The van der Waals surface area contributed by atoms with Crippen LogP contribution in [-0.2, 0) is 0 Å². The van der Waals surface area contributed by atoms with Crippen LogP contribution in [0, 0.1) is 5.41 Å². The van der Waals surface area contributed by atoms with E-state index in [1.807, 2.05) is 12.1 Å². The summed E-state index contributed by atoms with van der Waals surface area (Å²) in [7, 11) is 0. The maximum atomic E-state index is 10.0. The third-order valence-electron chi connectivity index (χ3n) is 4.36. The summed E-state index contributed by atoms with van der Waals surface area (Å²) in [5.74, 6) is 0.388. The van der Waals surface area contributed by atoms with Crippen LogP contribution in [0.1, 0.15) is 57.6 Å². The molecule has 0 spiro atoms. The van der Waals surface area contributed by atoms with Crippen LogP contribution in [0.15, 0.2) is 22.7 Å². The second-order valence-electron chi connectivity index (χ2n) is 6.06. The average Bonchev–Trinajstić information content (AvgIpc) is 2.81. The molecule has 2 rings (SSSR count). The van der Waals surface area contributed by atoms with E-state index in [1.54, 1.807) is 6.07 Å². The molecular formula is C16H24BrNO. The van der Waals surface area contributed by atoms with Crippen LogP contribution in [0.5, 0.6) is 5.75 Å². The van der Waals surface area contributed by atoms with Gasteiger partial charge in [-0.05, 0) is 42.9 Å². The second kappa shape index (κ2) is 6.27. The van der Waals surface area contributed by atoms with Crippen molar-refractivity contribution in [3.05, 3.63) is 28.2 Å². The zero-order valence-electron chi connectivity index (χ0n) is 11.9. The van der Waals surface area contributed by atoms with Gasteiger partial charge in [-0.15, -0.1) is 0 Å². The Kier molecular flexibility index (Phi) is 4.91. The van der Waals surface area contributed by atoms with Crippen LogP contribution in [0.25, 0.3) is 0 Å². The highest BCUT2D eigenvalue weighted by atomic mass is 79.9. The number of benzene rings is 1. The summed E-state index contributed by atoms with van der Waals surface area (Å²) in [5.41, 5.74) is 1.44. The minimum Gasteiger partial charge on any atom is -0.508 e. The van der Waals surface area contributed by atoms with Crippen molar-refractivity contribution in [2.24, 2.45) is 5.41 Å². The Morgan fingerprint density at radius 2 is 2.05 bits per heavy atom. The van der Waals surface area contributed by atoms with Crippen LogP contribution in [0.3, 0.4) is 0 Å². The molecule has 19 heavy (non-hydrogen) atoms. The number of hydrogen-bond donors (Lipinski definition) is 2. The number of phenols is 1. The highest BCUT2D eigenvalue weighted by Gasteiger charge is 2.29. The van der Waals surface area contributed by atoms with E-state index in [9.17, 15) is 5.11 Å². The first kappa shape index (κ1) is 14.9. The van der Waals surface area contributed by atoms with Crippen molar-refractivity contribution in [2.75, 3.05) is 6.54 Å². The molecule has 0 aliphatic heterocycles. The zero-order chi connectivity index (χ0) is 13.9. The fourth-order valence-electron chi connectivity index (χ4n) is 3.05. The van der Waals surface area contributed by atoms with Crippen LogP contribution < -0.4 is 5.32 Å². The number of phenolic OH excluding ortho intramolecular Hbond substituents is 1. The predicted octanol–water partition coefficient (Wildman–Crippen LogP) is 4.78. The number of halogens is 1. The molecule has 0 saturated heterocycles. The Hall–Kier alpha value is -0.540. The predicted molar refractivity (Wildman–Crippen MR) is 83.4 cm³/mol. The summed E-state index contributed by atoms with van der Waals surface area (Å²) >= 11 is 3.48. The second-order valence-corrected chi connectivity index (χ2v) is 6.98. The molecule has 2 nitrogen and oxygen atoms in total. The summed E-state index contributed by atoms with van der Waals surface area (Å²) in [4.78, 5) is 0. The molecule has 1 fully saturated rings. The Morgan fingerprint density at radius 3 is 2.68 bits per heavy atom. The third-order valence-corrected chi connectivity index (χ3v) is 4.85. The minimum absolute atomic E-state index is 0.231. The van der Waals surface area contributed by atoms with E-state index in [4.69, 9.17) is 0 Å². The van der Waals surface area contributed by atoms with Gasteiger partial charge in [-0.3, -0.25) is 0 Å². The quantitative estimate of drug-likeness (QED) is 0.816. The van der Waals surface area contributed by atoms with Crippen LogP contribution in [0.2, 0.25) is 0 Å². The van der Waals surface area contributed by atoms with E-state index >= 15 is 0 Å². The lowest BCUT2D eigenvalue weighted by atomic mass is 9.88. The van der Waals surface area contributed by atoms with Crippen molar-refractivity contribution >= 4 is 15.9 Å².